The highest BCUT2D eigenvalue weighted by Crippen LogP contribution is 2.19. The van der Waals surface area contributed by atoms with E-state index >= 15 is 0 Å². The molecule has 0 amide bonds. The van der Waals surface area contributed by atoms with E-state index in [0.29, 0.717) is 19.8 Å². The number of nitrogens with zero attached hydrogens (tertiary/aromatic N) is 1. The molecule has 0 radical (unpaired) electrons. The van der Waals surface area contributed by atoms with Crippen molar-refractivity contribution < 1.29 is 13.3 Å². The third kappa shape index (κ3) is 21.1. The van der Waals surface area contributed by atoms with Crippen molar-refractivity contribution >= 4 is 8.80 Å². The van der Waals surface area contributed by atoms with Gasteiger partial charge in [-0.3, -0.25) is 0 Å². The summed E-state index contributed by atoms with van der Waals surface area (Å²) in [6.45, 7) is 12.7. The molecule has 0 saturated carbocycles. The Morgan fingerprint density at radius 1 is 0.455 bits per heavy atom. The maximum absolute atomic E-state index is 5.96. The summed E-state index contributed by atoms with van der Waals surface area (Å²) in [5, 5.41) is 0. The smallest absolute Gasteiger partial charge is 0.374 e. The fraction of sp³-hybridized carbons (Fsp3) is 1.00. The van der Waals surface area contributed by atoms with Crippen molar-refractivity contribution in [3.63, 3.8) is 0 Å². The standard InChI is InChI=1S/C28H61NO3Si/c1-6-10-11-12-13-14-15-16-17-18-19-20-21-22-23-24-26-29(5)27-25-28-33(30-7-2,31-8-3)32-9-4/h6-28H2,1-5H3. The van der Waals surface area contributed by atoms with Crippen LogP contribution in [0.25, 0.3) is 0 Å². The third-order valence-electron chi connectivity index (χ3n) is 6.51. The molecule has 0 bridgehead atoms. The lowest BCUT2D eigenvalue weighted by atomic mass is 10.0. The highest BCUT2D eigenvalue weighted by Gasteiger charge is 2.39. The van der Waals surface area contributed by atoms with Gasteiger partial charge >= 0.3 is 8.80 Å². The summed E-state index contributed by atoms with van der Waals surface area (Å²) in [5.74, 6) is 0. The maximum atomic E-state index is 5.96. The lowest BCUT2D eigenvalue weighted by molar-refractivity contribution is 0.0701. The SMILES string of the molecule is CCCCCCCCCCCCCCCCCCN(C)CCC[Si](OCC)(OCC)OCC. The molecule has 0 atom stereocenters. The molecule has 200 valence electrons. The van der Waals surface area contributed by atoms with Gasteiger partial charge in [-0.2, -0.15) is 0 Å². The highest BCUT2D eigenvalue weighted by molar-refractivity contribution is 6.60. The van der Waals surface area contributed by atoms with E-state index in [2.05, 4.69) is 18.9 Å². The van der Waals surface area contributed by atoms with Crippen molar-refractivity contribution in [1.82, 2.24) is 4.90 Å². The molecule has 0 aromatic heterocycles. The summed E-state index contributed by atoms with van der Waals surface area (Å²) < 4.78 is 17.9. The number of rotatable bonds is 27. The highest BCUT2D eigenvalue weighted by atomic mass is 28.4. The van der Waals surface area contributed by atoms with Crippen molar-refractivity contribution in [2.24, 2.45) is 0 Å². The van der Waals surface area contributed by atoms with Crippen molar-refractivity contribution in [2.45, 2.75) is 143 Å². The Kier molecular flexibility index (Phi) is 25.2. The molecule has 0 aliphatic heterocycles. The number of hydrogen-bond donors (Lipinski definition) is 0. The summed E-state index contributed by atoms with van der Waals surface area (Å²) in [6.07, 6.45) is 23.9. The van der Waals surface area contributed by atoms with E-state index in [1.165, 1.54) is 109 Å². The normalized spacial score (nSPS) is 12.2. The quantitative estimate of drug-likeness (QED) is 0.0857. The van der Waals surface area contributed by atoms with E-state index < -0.39 is 8.80 Å². The van der Waals surface area contributed by atoms with E-state index in [-0.39, 0.29) is 0 Å². The minimum atomic E-state index is -2.47. The average Bonchev–Trinajstić information content (AvgIpc) is 2.79. The zero-order valence-corrected chi connectivity index (χ0v) is 24.4. The minimum Gasteiger partial charge on any atom is -0.374 e. The van der Waals surface area contributed by atoms with Crippen LogP contribution in [0.4, 0.5) is 0 Å². The predicted octanol–water partition coefficient (Wildman–Crippen LogP) is 8.62. The van der Waals surface area contributed by atoms with Gasteiger partial charge in [-0.1, -0.05) is 103 Å². The van der Waals surface area contributed by atoms with Crippen molar-refractivity contribution in [3.8, 4) is 0 Å². The van der Waals surface area contributed by atoms with Gasteiger partial charge < -0.3 is 18.2 Å². The van der Waals surface area contributed by atoms with Gasteiger partial charge in [0.25, 0.3) is 0 Å². The van der Waals surface area contributed by atoms with Crippen LogP contribution in [0.1, 0.15) is 137 Å². The second-order valence-corrected chi connectivity index (χ2v) is 12.4. The van der Waals surface area contributed by atoms with E-state index in [4.69, 9.17) is 13.3 Å². The lowest BCUT2D eigenvalue weighted by Gasteiger charge is -2.29. The summed E-state index contributed by atoms with van der Waals surface area (Å²) in [5.41, 5.74) is 0. The zero-order valence-electron chi connectivity index (χ0n) is 23.4. The van der Waals surface area contributed by atoms with Gasteiger partial charge in [-0.05, 0) is 53.8 Å². The fourth-order valence-electron chi connectivity index (χ4n) is 4.61. The first-order chi connectivity index (χ1) is 16.1. The largest absolute Gasteiger partial charge is 0.500 e. The summed E-state index contributed by atoms with van der Waals surface area (Å²) >= 11 is 0. The van der Waals surface area contributed by atoms with Gasteiger partial charge in [0.05, 0.1) is 0 Å². The molecule has 0 spiro atoms. The Morgan fingerprint density at radius 3 is 1.15 bits per heavy atom. The zero-order chi connectivity index (χ0) is 24.5. The topological polar surface area (TPSA) is 30.9 Å². The van der Waals surface area contributed by atoms with Gasteiger partial charge in [-0.15, -0.1) is 0 Å². The Morgan fingerprint density at radius 2 is 0.788 bits per heavy atom. The molecule has 0 N–H and O–H groups in total. The summed E-state index contributed by atoms with van der Waals surface area (Å²) in [4.78, 5) is 2.47. The first-order valence-corrected chi connectivity index (χ1v) is 16.7. The summed E-state index contributed by atoms with van der Waals surface area (Å²) in [7, 11) is -0.219. The Bertz CT molecular complexity index is 367. The van der Waals surface area contributed by atoms with Crippen LogP contribution < -0.4 is 0 Å². The molecular formula is C28H61NO3Si. The van der Waals surface area contributed by atoms with Crippen LogP contribution in [-0.2, 0) is 13.3 Å². The molecule has 0 fully saturated rings. The van der Waals surface area contributed by atoms with E-state index in [1.54, 1.807) is 0 Å². The van der Waals surface area contributed by atoms with Crippen LogP contribution >= 0.6 is 0 Å². The molecule has 5 heteroatoms. The van der Waals surface area contributed by atoms with E-state index in [9.17, 15) is 0 Å². The number of hydrogen-bond acceptors (Lipinski definition) is 4. The van der Waals surface area contributed by atoms with Crippen molar-refractivity contribution in [3.05, 3.63) is 0 Å². The van der Waals surface area contributed by atoms with Crippen LogP contribution in [0.5, 0.6) is 0 Å². The van der Waals surface area contributed by atoms with Crippen LogP contribution in [0.15, 0.2) is 0 Å². The van der Waals surface area contributed by atoms with Crippen molar-refractivity contribution in [1.29, 1.82) is 0 Å². The van der Waals surface area contributed by atoms with E-state index in [1.807, 2.05) is 20.8 Å². The molecule has 0 aliphatic carbocycles. The van der Waals surface area contributed by atoms with Gasteiger partial charge in [0.2, 0.25) is 0 Å². The first kappa shape index (κ1) is 33.1. The monoisotopic (exact) mass is 487 g/mol. The molecule has 0 aromatic rings. The van der Waals surface area contributed by atoms with Gasteiger partial charge in [0.15, 0.2) is 0 Å². The van der Waals surface area contributed by atoms with Gasteiger partial charge in [-0.25, -0.2) is 0 Å². The van der Waals surface area contributed by atoms with Gasteiger partial charge in [0.1, 0.15) is 0 Å². The Balaban J connectivity index is 3.52. The van der Waals surface area contributed by atoms with Gasteiger partial charge in [0, 0.05) is 25.9 Å². The predicted molar refractivity (Wildman–Crippen MR) is 147 cm³/mol. The van der Waals surface area contributed by atoms with Crippen molar-refractivity contribution in [2.75, 3.05) is 40.0 Å². The molecule has 0 rings (SSSR count). The molecule has 33 heavy (non-hydrogen) atoms. The molecular weight excluding hydrogens is 426 g/mol. The number of unbranched alkanes of at least 4 members (excludes halogenated alkanes) is 15. The molecule has 0 unspecified atom stereocenters. The Hall–Kier alpha value is 0.0569. The fourth-order valence-corrected chi connectivity index (χ4v) is 7.20. The second kappa shape index (κ2) is 25.2. The first-order valence-electron chi connectivity index (χ1n) is 14.7. The molecule has 0 saturated heterocycles. The Labute approximate surface area is 209 Å². The molecule has 0 aliphatic rings. The van der Waals surface area contributed by atoms with Crippen LogP contribution in [0.3, 0.4) is 0 Å². The van der Waals surface area contributed by atoms with E-state index in [0.717, 1.165) is 19.0 Å². The van der Waals surface area contributed by atoms with Crippen LogP contribution in [0.2, 0.25) is 6.04 Å². The minimum absolute atomic E-state index is 0.668. The lowest BCUT2D eigenvalue weighted by Crippen LogP contribution is -2.46. The van der Waals surface area contributed by atoms with Crippen LogP contribution in [0, 0.1) is 0 Å². The average molecular weight is 488 g/mol. The molecule has 0 aromatic carbocycles. The third-order valence-corrected chi connectivity index (χ3v) is 9.66. The molecule has 4 nitrogen and oxygen atoms in total. The molecule has 0 heterocycles. The summed E-state index contributed by atoms with van der Waals surface area (Å²) in [6, 6.07) is 0.922. The maximum Gasteiger partial charge on any atom is 0.500 e. The van der Waals surface area contributed by atoms with Crippen LogP contribution in [-0.4, -0.2) is 53.7 Å². The second-order valence-electron chi connectivity index (χ2n) is 9.69.